The smallest absolute Gasteiger partial charge is 0.475 e. The third-order valence-electron chi connectivity index (χ3n) is 11.6. The number of aromatic nitrogens is 2. The molecule has 2 amide bonds. The first kappa shape index (κ1) is 52.1. The monoisotopic (exact) mass is 979 g/mol. The van der Waals surface area contributed by atoms with Gasteiger partial charge in [0.1, 0.15) is 42.9 Å². The number of ketones is 1. The lowest BCUT2D eigenvalue weighted by molar-refractivity contribution is -0.298. The fraction of sp³-hybridized carbons (Fsp3) is 0.524. The molecule has 12 N–H and O–H groups in total. The normalized spacial score (nSPS) is 26.2. The number of benzene rings is 2. The Morgan fingerprint density at radius 1 is 0.971 bits per heavy atom. The molecule has 0 spiro atoms. The van der Waals surface area contributed by atoms with Crippen LogP contribution in [0.2, 0.25) is 0 Å². The third kappa shape index (κ3) is 12.5. The van der Waals surface area contributed by atoms with Crippen molar-refractivity contribution in [2.75, 3.05) is 51.9 Å². The highest BCUT2D eigenvalue weighted by molar-refractivity contribution is 7.47. The molecule has 3 heterocycles. The number of nitrogens with one attached hydrogen (secondary N) is 2. The molecule has 3 aromatic rings. The molecule has 2 fully saturated rings. The molecule has 3 aliphatic rings. The number of carboxylic acids is 1. The highest BCUT2D eigenvalue weighted by Gasteiger charge is 2.59. The molecule has 26 heteroatoms. The summed E-state index contributed by atoms with van der Waals surface area (Å²) in [5.41, 5.74) is 8.87. The van der Waals surface area contributed by atoms with Crippen molar-refractivity contribution >= 4 is 37.4 Å². The summed E-state index contributed by atoms with van der Waals surface area (Å²) < 4.78 is 45.6. The highest BCUT2D eigenvalue weighted by Crippen LogP contribution is 2.52. The van der Waals surface area contributed by atoms with E-state index in [0.717, 1.165) is 33.0 Å². The summed E-state index contributed by atoms with van der Waals surface area (Å²) in [7, 11) is -5.64. The second kappa shape index (κ2) is 22.9. The molecule has 2 saturated heterocycles. The molecule has 2 aliphatic heterocycles. The Morgan fingerprint density at radius 3 is 2.29 bits per heavy atom. The number of nitrogens with zero attached hydrogens (tertiary/aromatic N) is 2. The van der Waals surface area contributed by atoms with Crippen molar-refractivity contribution < 1.29 is 92.4 Å². The van der Waals surface area contributed by atoms with E-state index in [-0.39, 0.29) is 44.5 Å². The third-order valence-corrected chi connectivity index (χ3v) is 12.6. The summed E-state index contributed by atoms with van der Waals surface area (Å²) in [6, 6.07) is 17.1. The first-order valence-electron chi connectivity index (χ1n) is 21.4. The number of carbonyl (C=O) groups excluding carboxylic acids is 3. The first-order chi connectivity index (χ1) is 32.3. The number of hydrogen-bond acceptors (Lipinski definition) is 20. The summed E-state index contributed by atoms with van der Waals surface area (Å²) in [5, 5.41) is 78.0. The van der Waals surface area contributed by atoms with Crippen molar-refractivity contribution in [2.45, 2.75) is 86.3 Å². The number of hydrogen-bond donors (Lipinski definition) is 11. The molecular formula is C42H54N5O20P. The van der Waals surface area contributed by atoms with Gasteiger partial charge in [0.15, 0.2) is 12.0 Å². The first-order valence-corrected chi connectivity index (χ1v) is 22.9. The number of nitrogens with two attached hydrogens (primary N) is 1. The molecule has 0 saturated carbocycles. The van der Waals surface area contributed by atoms with Gasteiger partial charge in [0, 0.05) is 50.4 Å². The molecule has 7 unspecified atom stereocenters. The number of alkyl carbamates (subject to hydrolysis) is 1. The Labute approximate surface area is 386 Å². The molecule has 372 valence electrons. The van der Waals surface area contributed by atoms with Crippen molar-refractivity contribution in [3.8, 4) is 11.1 Å². The van der Waals surface area contributed by atoms with Crippen LogP contribution < -0.4 is 22.1 Å². The van der Waals surface area contributed by atoms with Crippen LogP contribution in [0.4, 0.5) is 10.6 Å². The number of aliphatic carboxylic acids is 1. The molecule has 11 atom stereocenters. The van der Waals surface area contributed by atoms with Gasteiger partial charge in [-0.15, -0.1) is 0 Å². The van der Waals surface area contributed by atoms with E-state index in [2.05, 4.69) is 15.6 Å². The van der Waals surface area contributed by atoms with Crippen LogP contribution >= 0.6 is 7.82 Å². The Hall–Kier alpha value is -5.25. The summed E-state index contributed by atoms with van der Waals surface area (Å²) >= 11 is 0. The van der Waals surface area contributed by atoms with Crippen LogP contribution in [-0.2, 0) is 46.9 Å². The zero-order valence-electron chi connectivity index (χ0n) is 36.2. The van der Waals surface area contributed by atoms with E-state index in [1.807, 2.05) is 48.5 Å². The highest BCUT2D eigenvalue weighted by atomic mass is 31.2. The number of rotatable bonds is 23. The number of nitrogen functional groups attached to an aromatic ring is 1. The van der Waals surface area contributed by atoms with Crippen molar-refractivity contribution in [2.24, 2.45) is 5.92 Å². The number of fused-ring (bicyclic) bond motifs is 3. The second-order valence-electron chi connectivity index (χ2n) is 16.2. The number of Topliss-reactive ketones (excluding diaryl/α,β-unsaturated/α-hetero) is 1. The van der Waals surface area contributed by atoms with E-state index in [1.165, 1.54) is 6.07 Å². The number of carbonyl (C=O) groups is 4. The lowest BCUT2D eigenvalue weighted by atomic mass is 9.80. The van der Waals surface area contributed by atoms with Crippen molar-refractivity contribution in [1.29, 1.82) is 0 Å². The molecule has 2 aromatic carbocycles. The average Bonchev–Trinajstić information content (AvgIpc) is 3.78. The number of aliphatic hydroxyl groups excluding tert-OH is 6. The minimum atomic E-state index is -5.64. The maximum Gasteiger partial charge on any atom is 0.475 e. The van der Waals surface area contributed by atoms with Crippen LogP contribution in [0.5, 0.6) is 0 Å². The molecular weight excluding hydrogens is 925 g/mol. The SMILES string of the molecule is Nc1ccn([C@@H]2O[C@H](COP(=O)(O)OC3(C(=O)O)CC(O)C(CC(=O)CNC(=O)CCOCCCNC(=O)OCC4c5ccccc5-c5ccccc54)C(C(O)[C@H](O)CO)O3)[C@H](O)C2O)c(=O)n1. The van der Waals surface area contributed by atoms with Crippen LogP contribution in [0.1, 0.15) is 49.0 Å². The van der Waals surface area contributed by atoms with Crippen LogP contribution in [0.3, 0.4) is 0 Å². The van der Waals surface area contributed by atoms with Gasteiger partial charge in [0.25, 0.3) is 5.79 Å². The number of ether oxygens (including phenoxy) is 4. The van der Waals surface area contributed by atoms with Crippen LogP contribution in [-0.4, -0.2) is 169 Å². The van der Waals surface area contributed by atoms with Crippen molar-refractivity contribution in [1.82, 2.24) is 20.2 Å². The fourth-order valence-corrected chi connectivity index (χ4v) is 9.09. The molecule has 1 aromatic heterocycles. The van der Waals surface area contributed by atoms with E-state index < -0.39 is 131 Å². The van der Waals surface area contributed by atoms with Gasteiger partial charge in [-0.3, -0.25) is 18.7 Å². The zero-order chi connectivity index (χ0) is 49.3. The minimum Gasteiger partial charge on any atom is -0.477 e. The molecule has 1 aliphatic carbocycles. The lowest BCUT2D eigenvalue weighted by Gasteiger charge is -2.46. The predicted molar refractivity (Wildman–Crippen MR) is 230 cm³/mol. The van der Waals surface area contributed by atoms with E-state index in [1.54, 1.807) is 0 Å². The molecule has 0 radical (unpaired) electrons. The summed E-state index contributed by atoms with van der Waals surface area (Å²) in [6.07, 6.45) is -16.4. The number of phosphoric ester groups is 1. The Kier molecular flexibility index (Phi) is 17.6. The van der Waals surface area contributed by atoms with Crippen LogP contribution in [0.25, 0.3) is 11.1 Å². The van der Waals surface area contributed by atoms with Gasteiger partial charge in [-0.25, -0.2) is 23.5 Å². The second-order valence-corrected chi connectivity index (χ2v) is 17.6. The predicted octanol–water partition coefficient (Wildman–Crippen LogP) is -1.75. The van der Waals surface area contributed by atoms with Gasteiger partial charge in [-0.1, -0.05) is 48.5 Å². The average molecular weight is 980 g/mol. The van der Waals surface area contributed by atoms with E-state index in [9.17, 15) is 69.2 Å². The number of phosphoric acid groups is 1. The van der Waals surface area contributed by atoms with Crippen LogP contribution in [0.15, 0.2) is 65.6 Å². The van der Waals surface area contributed by atoms with Crippen molar-refractivity contribution in [3.63, 3.8) is 0 Å². The Bertz CT molecular complexity index is 2330. The van der Waals surface area contributed by atoms with Gasteiger partial charge in [0.2, 0.25) is 5.91 Å². The lowest BCUT2D eigenvalue weighted by Crippen LogP contribution is -2.62. The topological polar surface area (TPSA) is 388 Å². The quantitative estimate of drug-likeness (QED) is 0.0371. The Morgan fingerprint density at radius 2 is 1.65 bits per heavy atom. The van der Waals surface area contributed by atoms with E-state index >= 15 is 0 Å². The largest absolute Gasteiger partial charge is 0.477 e. The van der Waals surface area contributed by atoms with Gasteiger partial charge < -0.3 is 76.0 Å². The number of amides is 2. The van der Waals surface area contributed by atoms with Gasteiger partial charge in [0.05, 0.1) is 38.6 Å². The zero-order valence-corrected chi connectivity index (χ0v) is 37.1. The summed E-state index contributed by atoms with van der Waals surface area (Å²) in [5.74, 6) is -8.64. The van der Waals surface area contributed by atoms with Gasteiger partial charge in [-0.2, -0.15) is 4.98 Å². The number of carboxylic acid groups (broad SMARTS) is 1. The molecule has 6 rings (SSSR count). The fourth-order valence-electron chi connectivity index (χ4n) is 8.14. The van der Waals surface area contributed by atoms with Crippen LogP contribution in [0, 0.1) is 5.92 Å². The maximum absolute atomic E-state index is 13.2. The molecule has 25 nitrogen and oxygen atoms in total. The van der Waals surface area contributed by atoms with Crippen molar-refractivity contribution in [3.05, 3.63) is 82.4 Å². The summed E-state index contributed by atoms with van der Waals surface area (Å²) in [6.45, 7) is -2.30. The minimum absolute atomic E-state index is 0.0530. The number of anilines is 1. The Balaban J connectivity index is 0.930. The summed E-state index contributed by atoms with van der Waals surface area (Å²) in [4.78, 5) is 76.9. The van der Waals surface area contributed by atoms with E-state index in [0.29, 0.717) is 6.42 Å². The number of aliphatic hydroxyl groups is 6. The molecule has 68 heavy (non-hydrogen) atoms. The molecule has 0 bridgehead atoms. The van der Waals surface area contributed by atoms with E-state index in [4.69, 9.17) is 33.7 Å². The standard InChI is InChI=1S/C42H54N5O20P/c43-32-10-13-47(40(58)46-32)38-36(55)35(54)31(65-38)21-64-68(60,61)67-42(39(56)57)17-29(50)27(37(66-42)34(53)30(51)19-48)16-22(49)18-45-33(52)11-15-62-14-5-12-44-41(59)63-20-28-25-8-3-1-6-23(25)24-7-2-4-9-26(24)28/h1-4,6-10,13,27-31,34-38,48,50-51,53-55H,5,11-12,14-21H2,(H,44,59)(H,45,52)(H,56,57)(H,60,61)(H2,43,46,58)/t27?,29?,30-,31-,34?,35+,36?,37?,38-,42?/m1/s1. The van der Waals surface area contributed by atoms with Gasteiger partial charge >= 0.3 is 25.6 Å². The maximum atomic E-state index is 13.2. The van der Waals surface area contributed by atoms with Gasteiger partial charge in [-0.05, 0) is 34.7 Å².